The first-order valence-corrected chi connectivity index (χ1v) is 12.7. The van der Waals surface area contributed by atoms with Crippen LogP contribution in [0.1, 0.15) is 38.3 Å². The minimum atomic E-state index is 0.135. The lowest BCUT2D eigenvalue weighted by atomic mass is 9.95. The van der Waals surface area contributed by atoms with E-state index in [0.29, 0.717) is 19.1 Å². The number of hydrogen-bond donors (Lipinski definition) is 1. The number of hydrogen-bond acceptors (Lipinski definition) is 6. The number of aromatic nitrogens is 1. The van der Waals surface area contributed by atoms with Gasteiger partial charge in [-0.05, 0) is 32.6 Å². The number of likely N-dealkylation sites (tertiary alicyclic amines) is 1. The Morgan fingerprint density at radius 3 is 2.61 bits per heavy atom. The highest BCUT2D eigenvalue weighted by Crippen LogP contribution is 2.24. The molecule has 4 heterocycles. The number of carbonyl (C=O) groups is 1. The Bertz CT molecular complexity index is 734. The Balaban J connectivity index is 1.26. The van der Waals surface area contributed by atoms with Crippen LogP contribution >= 0.6 is 11.3 Å². The minimum Gasteiger partial charge on any atom is -0.378 e. The van der Waals surface area contributed by atoms with Crippen LogP contribution in [0.5, 0.6) is 0 Å². The Labute approximate surface area is 189 Å². The van der Waals surface area contributed by atoms with E-state index in [1.54, 1.807) is 11.3 Å². The molecule has 0 unspecified atom stereocenters. The molecule has 0 atom stereocenters. The van der Waals surface area contributed by atoms with E-state index in [0.717, 1.165) is 88.4 Å². The van der Waals surface area contributed by atoms with Gasteiger partial charge in [-0.3, -0.25) is 9.79 Å². The molecule has 1 N–H and O–H groups in total. The molecule has 3 saturated heterocycles. The molecule has 0 aromatic carbocycles. The number of anilines is 1. The quantitative estimate of drug-likeness (QED) is 0.529. The Hall–Kier alpha value is -1.87. The van der Waals surface area contributed by atoms with E-state index >= 15 is 0 Å². The minimum absolute atomic E-state index is 0.135. The van der Waals surface area contributed by atoms with Crippen LogP contribution in [-0.2, 0) is 16.0 Å². The maximum Gasteiger partial charge on any atom is 0.225 e. The molecule has 0 spiro atoms. The summed E-state index contributed by atoms with van der Waals surface area (Å²) in [5.41, 5.74) is 1.14. The van der Waals surface area contributed by atoms with Gasteiger partial charge in [-0.25, -0.2) is 4.98 Å². The lowest BCUT2D eigenvalue weighted by Crippen LogP contribution is -2.50. The largest absolute Gasteiger partial charge is 0.378 e. The molecular formula is C22H36N6O2S. The van der Waals surface area contributed by atoms with Crippen molar-refractivity contribution in [2.75, 3.05) is 70.5 Å². The molecule has 3 aliphatic rings. The van der Waals surface area contributed by atoms with Crippen molar-refractivity contribution in [3.8, 4) is 0 Å². The van der Waals surface area contributed by atoms with Gasteiger partial charge in [0.2, 0.25) is 5.91 Å². The second-order valence-corrected chi connectivity index (χ2v) is 9.34. The zero-order valence-electron chi connectivity index (χ0n) is 18.7. The molecule has 1 amide bonds. The molecular weight excluding hydrogens is 412 g/mol. The number of morpholine rings is 1. The van der Waals surface area contributed by atoms with Crippen molar-refractivity contribution in [3.05, 3.63) is 11.1 Å². The molecule has 0 aliphatic carbocycles. The van der Waals surface area contributed by atoms with Gasteiger partial charge in [0.15, 0.2) is 11.1 Å². The zero-order valence-corrected chi connectivity index (χ0v) is 19.5. The van der Waals surface area contributed by atoms with Crippen LogP contribution in [0.4, 0.5) is 5.13 Å². The van der Waals surface area contributed by atoms with Gasteiger partial charge >= 0.3 is 0 Å². The van der Waals surface area contributed by atoms with Crippen LogP contribution in [0, 0.1) is 5.92 Å². The van der Waals surface area contributed by atoms with Gasteiger partial charge in [-0.15, -0.1) is 11.3 Å². The third kappa shape index (κ3) is 5.88. The van der Waals surface area contributed by atoms with Crippen LogP contribution in [0.3, 0.4) is 0 Å². The van der Waals surface area contributed by atoms with E-state index in [9.17, 15) is 4.79 Å². The van der Waals surface area contributed by atoms with Crippen molar-refractivity contribution in [3.63, 3.8) is 0 Å². The number of rotatable bonds is 6. The Morgan fingerprint density at radius 2 is 1.90 bits per heavy atom. The third-order valence-corrected chi connectivity index (χ3v) is 7.30. The normalized spacial score (nSPS) is 21.1. The summed E-state index contributed by atoms with van der Waals surface area (Å²) in [4.78, 5) is 29.1. The van der Waals surface area contributed by atoms with Crippen molar-refractivity contribution in [1.29, 1.82) is 0 Å². The van der Waals surface area contributed by atoms with E-state index in [-0.39, 0.29) is 5.92 Å². The van der Waals surface area contributed by atoms with Crippen LogP contribution < -0.4 is 10.2 Å². The van der Waals surface area contributed by atoms with Gasteiger partial charge in [0, 0.05) is 70.1 Å². The van der Waals surface area contributed by atoms with E-state index in [4.69, 9.17) is 14.7 Å². The summed E-state index contributed by atoms with van der Waals surface area (Å²) in [6.07, 6.45) is 5.21. The fourth-order valence-corrected chi connectivity index (χ4v) is 5.46. The second-order valence-electron chi connectivity index (χ2n) is 8.50. The number of nitrogens with one attached hydrogen (secondary N) is 1. The Kier molecular flexibility index (Phi) is 8.02. The van der Waals surface area contributed by atoms with Crippen LogP contribution in [0.25, 0.3) is 0 Å². The molecule has 4 rings (SSSR count). The predicted molar refractivity (Wildman–Crippen MR) is 125 cm³/mol. The number of guanidine groups is 1. The molecule has 0 bridgehead atoms. The fourth-order valence-electron chi connectivity index (χ4n) is 4.55. The maximum atomic E-state index is 12.8. The van der Waals surface area contributed by atoms with Gasteiger partial charge in [0.25, 0.3) is 0 Å². The predicted octanol–water partition coefficient (Wildman–Crippen LogP) is 1.82. The smallest absolute Gasteiger partial charge is 0.225 e. The maximum absolute atomic E-state index is 12.8. The van der Waals surface area contributed by atoms with Crippen LogP contribution in [0.15, 0.2) is 10.4 Å². The summed E-state index contributed by atoms with van der Waals surface area (Å²) in [7, 11) is 0. The van der Waals surface area contributed by atoms with Gasteiger partial charge in [0.05, 0.1) is 18.9 Å². The molecule has 0 radical (unpaired) electrons. The first-order chi connectivity index (χ1) is 15.2. The summed E-state index contributed by atoms with van der Waals surface area (Å²) >= 11 is 1.76. The lowest BCUT2D eigenvalue weighted by Gasteiger charge is -2.36. The number of piperidine rings is 1. The van der Waals surface area contributed by atoms with E-state index < -0.39 is 0 Å². The summed E-state index contributed by atoms with van der Waals surface area (Å²) in [5.74, 6) is 1.41. The summed E-state index contributed by atoms with van der Waals surface area (Å²) in [5, 5.41) is 6.78. The molecule has 0 saturated carbocycles. The fraction of sp³-hybridized carbons (Fsp3) is 0.773. The number of amides is 1. The molecule has 1 aromatic heterocycles. The number of carbonyl (C=O) groups excluding carboxylic acids is 1. The van der Waals surface area contributed by atoms with Gasteiger partial charge < -0.3 is 24.8 Å². The lowest BCUT2D eigenvalue weighted by molar-refractivity contribution is -0.140. The van der Waals surface area contributed by atoms with E-state index in [1.165, 1.54) is 12.8 Å². The van der Waals surface area contributed by atoms with Crippen molar-refractivity contribution in [2.45, 2.75) is 39.0 Å². The molecule has 9 heteroatoms. The number of ether oxygens (including phenoxy) is 1. The standard InChI is InChI=1S/C22H36N6O2S/c1-2-23-21(24-8-5-19-17-31-22(25-19)28-9-3-4-10-28)27-11-6-18(7-12-27)20(29)26-13-15-30-16-14-26/h17-18H,2-16H2,1H3,(H,23,24). The van der Waals surface area contributed by atoms with Gasteiger partial charge in [-0.2, -0.15) is 0 Å². The first-order valence-electron chi connectivity index (χ1n) is 11.8. The monoisotopic (exact) mass is 448 g/mol. The van der Waals surface area contributed by atoms with Crippen molar-refractivity contribution < 1.29 is 9.53 Å². The summed E-state index contributed by atoms with van der Waals surface area (Å²) in [6, 6.07) is 0. The third-order valence-electron chi connectivity index (χ3n) is 6.35. The van der Waals surface area contributed by atoms with E-state index in [1.807, 2.05) is 4.90 Å². The highest BCUT2D eigenvalue weighted by molar-refractivity contribution is 7.13. The highest BCUT2D eigenvalue weighted by atomic mass is 32.1. The van der Waals surface area contributed by atoms with Crippen molar-refractivity contribution in [2.24, 2.45) is 10.9 Å². The average molecular weight is 449 g/mol. The molecule has 8 nitrogen and oxygen atoms in total. The summed E-state index contributed by atoms with van der Waals surface area (Å²) in [6.45, 7) is 10.5. The second kappa shape index (κ2) is 11.1. The molecule has 3 fully saturated rings. The van der Waals surface area contributed by atoms with Crippen molar-refractivity contribution in [1.82, 2.24) is 20.1 Å². The number of thiazole rings is 1. The van der Waals surface area contributed by atoms with Crippen LogP contribution in [-0.4, -0.2) is 92.2 Å². The van der Waals surface area contributed by atoms with Crippen molar-refractivity contribution >= 4 is 28.3 Å². The molecule has 3 aliphatic heterocycles. The number of aliphatic imine (C=N–C) groups is 1. The van der Waals surface area contributed by atoms with Crippen LogP contribution in [0.2, 0.25) is 0 Å². The zero-order chi connectivity index (χ0) is 21.5. The average Bonchev–Trinajstić information content (AvgIpc) is 3.51. The molecule has 1 aromatic rings. The van der Waals surface area contributed by atoms with Gasteiger partial charge in [0.1, 0.15) is 0 Å². The van der Waals surface area contributed by atoms with Gasteiger partial charge in [-0.1, -0.05) is 0 Å². The molecule has 31 heavy (non-hydrogen) atoms. The topological polar surface area (TPSA) is 73.3 Å². The first kappa shape index (κ1) is 22.3. The Morgan fingerprint density at radius 1 is 1.16 bits per heavy atom. The van der Waals surface area contributed by atoms with E-state index in [2.05, 4.69) is 27.4 Å². The molecule has 172 valence electrons. The summed E-state index contributed by atoms with van der Waals surface area (Å²) < 4.78 is 5.38. The number of nitrogens with zero attached hydrogens (tertiary/aromatic N) is 5. The SMILES string of the molecule is CCNC(=NCCc1csc(N2CCCC2)n1)N1CCC(C(=O)N2CCOCC2)CC1. The highest BCUT2D eigenvalue weighted by Gasteiger charge is 2.30.